The van der Waals surface area contributed by atoms with Crippen molar-refractivity contribution in [3.63, 3.8) is 0 Å². The number of nitrogens with one attached hydrogen (secondary N) is 1. The molecule has 1 aliphatic rings. The van der Waals surface area contributed by atoms with Crippen LogP contribution in [-0.4, -0.2) is 26.0 Å². The Morgan fingerprint density at radius 1 is 1.19 bits per heavy atom. The fourth-order valence-corrected chi connectivity index (χ4v) is 4.47. The fraction of sp³-hybridized carbons (Fsp3) is 0.222. The molecule has 3 rings (SSSR count). The first-order valence-corrected chi connectivity index (χ1v) is 9.92. The summed E-state index contributed by atoms with van der Waals surface area (Å²) in [7, 11) is -3.67. The molecule has 0 aliphatic carbocycles. The number of anilines is 2. The lowest BCUT2D eigenvalue weighted by Gasteiger charge is -2.16. The number of sulfonamides is 1. The molecule has 0 saturated carbocycles. The fourth-order valence-electron chi connectivity index (χ4n) is 2.76. The summed E-state index contributed by atoms with van der Waals surface area (Å²) < 4.78 is 24.7. The standard InChI is InChI=1S/C18H17ClN2O4S/c1-11-4-3-5-16(12(11)2)20-18(23)14-7-6-13(10-15(14)19)21-17(22)8-9-26(21,24)25/h3-7,10H,8-9H2,1-2H3,(H,20,23). The summed E-state index contributed by atoms with van der Waals surface area (Å²) >= 11 is 6.19. The van der Waals surface area contributed by atoms with Crippen LogP contribution in [0.3, 0.4) is 0 Å². The maximum Gasteiger partial charge on any atom is 0.257 e. The smallest absolute Gasteiger partial charge is 0.257 e. The first kappa shape index (κ1) is 18.4. The summed E-state index contributed by atoms with van der Waals surface area (Å²) in [6.07, 6.45) is -0.0607. The number of rotatable bonds is 3. The molecule has 1 saturated heterocycles. The number of nitrogens with zero attached hydrogens (tertiary/aromatic N) is 1. The van der Waals surface area contributed by atoms with Gasteiger partial charge in [0, 0.05) is 12.1 Å². The van der Waals surface area contributed by atoms with Crippen LogP contribution in [0.4, 0.5) is 11.4 Å². The average molecular weight is 393 g/mol. The highest BCUT2D eigenvalue weighted by atomic mass is 35.5. The second-order valence-electron chi connectivity index (χ2n) is 6.09. The second-order valence-corrected chi connectivity index (χ2v) is 8.43. The van der Waals surface area contributed by atoms with Crippen LogP contribution >= 0.6 is 11.6 Å². The van der Waals surface area contributed by atoms with E-state index in [0.29, 0.717) is 5.69 Å². The Bertz CT molecular complexity index is 1020. The van der Waals surface area contributed by atoms with E-state index in [4.69, 9.17) is 11.6 Å². The first-order chi connectivity index (χ1) is 12.2. The highest BCUT2D eigenvalue weighted by Gasteiger charge is 2.36. The van der Waals surface area contributed by atoms with Gasteiger partial charge in [0.1, 0.15) is 0 Å². The van der Waals surface area contributed by atoms with E-state index in [9.17, 15) is 18.0 Å². The normalized spacial score (nSPS) is 16.0. The van der Waals surface area contributed by atoms with Crippen molar-refractivity contribution < 1.29 is 18.0 Å². The van der Waals surface area contributed by atoms with Crippen LogP contribution in [0.25, 0.3) is 0 Å². The molecule has 26 heavy (non-hydrogen) atoms. The van der Waals surface area contributed by atoms with Gasteiger partial charge in [0.15, 0.2) is 0 Å². The highest BCUT2D eigenvalue weighted by molar-refractivity contribution is 7.94. The molecule has 0 atom stereocenters. The number of benzene rings is 2. The maximum atomic E-state index is 12.5. The summed E-state index contributed by atoms with van der Waals surface area (Å²) in [5.74, 6) is -1.14. The third-order valence-corrected chi connectivity index (χ3v) is 6.37. The molecule has 0 unspecified atom stereocenters. The SMILES string of the molecule is Cc1cccc(NC(=O)c2ccc(N3C(=O)CCS3(=O)=O)cc2Cl)c1C. The van der Waals surface area contributed by atoms with Crippen molar-refractivity contribution >= 4 is 44.8 Å². The van der Waals surface area contributed by atoms with Gasteiger partial charge in [0.2, 0.25) is 15.9 Å². The summed E-state index contributed by atoms with van der Waals surface area (Å²) in [6.45, 7) is 3.85. The molecule has 2 aromatic carbocycles. The molecule has 8 heteroatoms. The molecule has 0 aromatic heterocycles. The molecule has 1 fully saturated rings. The second kappa shape index (κ2) is 6.74. The van der Waals surface area contributed by atoms with Crippen molar-refractivity contribution in [3.8, 4) is 0 Å². The molecular weight excluding hydrogens is 376 g/mol. The maximum absolute atomic E-state index is 12.5. The molecule has 0 radical (unpaired) electrons. The molecule has 0 bridgehead atoms. The minimum Gasteiger partial charge on any atom is -0.322 e. The van der Waals surface area contributed by atoms with E-state index in [1.165, 1.54) is 18.2 Å². The van der Waals surface area contributed by atoms with Gasteiger partial charge in [0.05, 0.1) is 22.0 Å². The predicted molar refractivity (Wildman–Crippen MR) is 101 cm³/mol. The van der Waals surface area contributed by atoms with Crippen molar-refractivity contribution in [2.24, 2.45) is 0 Å². The number of halogens is 1. The van der Waals surface area contributed by atoms with E-state index in [2.05, 4.69) is 5.32 Å². The van der Waals surface area contributed by atoms with Gasteiger partial charge >= 0.3 is 0 Å². The molecule has 6 nitrogen and oxygen atoms in total. The van der Waals surface area contributed by atoms with Crippen LogP contribution in [-0.2, 0) is 14.8 Å². The van der Waals surface area contributed by atoms with Gasteiger partial charge in [-0.25, -0.2) is 12.7 Å². The molecule has 2 amide bonds. The Balaban J connectivity index is 1.89. The number of carbonyl (C=O) groups is 2. The number of aryl methyl sites for hydroxylation is 1. The topological polar surface area (TPSA) is 83.6 Å². The third kappa shape index (κ3) is 3.32. The van der Waals surface area contributed by atoms with Crippen LogP contribution < -0.4 is 9.62 Å². The molecule has 0 spiro atoms. The molecule has 1 aliphatic heterocycles. The summed E-state index contributed by atoms with van der Waals surface area (Å²) in [4.78, 5) is 24.4. The van der Waals surface area contributed by atoms with E-state index < -0.39 is 21.8 Å². The van der Waals surface area contributed by atoms with Crippen molar-refractivity contribution in [2.45, 2.75) is 20.3 Å². The van der Waals surface area contributed by atoms with E-state index in [1.807, 2.05) is 26.0 Å². The van der Waals surface area contributed by atoms with Crippen LogP contribution in [0.5, 0.6) is 0 Å². The Morgan fingerprint density at radius 3 is 2.54 bits per heavy atom. The van der Waals surface area contributed by atoms with Crippen LogP contribution in [0.1, 0.15) is 27.9 Å². The van der Waals surface area contributed by atoms with Crippen LogP contribution in [0.2, 0.25) is 5.02 Å². The van der Waals surface area contributed by atoms with Crippen molar-refractivity contribution in [1.82, 2.24) is 0 Å². The Hall–Kier alpha value is -2.38. The lowest BCUT2D eigenvalue weighted by atomic mass is 10.1. The van der Waals surface area contributed by atoms with E-state index in [0.717, 1.165) is 15.4 Å². The number of amides is 2. The zero-order valence-corrected chi connectivity index (χ0v) is 15.8. The van der Waals surface area contributed by atoms with E-state index in [1.54, 1.807) is 6.07 Å². The number of hydrogen-bond donors (Lipinski definition) is 1. The summed E-state index contributed by atoms with van der Waals surface area (Å²) in [6, 6.07) is 9.72. The zero-order chi connectivity index (χ0) is 19.1. The number of carbonyl (C=O) groups excluding carboxylic acids is 2. The van der Waals surface area contributed by atoms with Gasteiger partial charge in [-0.2, -0.15) is 0 Å². The van der Waals surface area contributed by atoms with Gasteiger partial charge < -0.3 is 5.32 Å². The lowest BCUT2D eigenvalue weighted by molar-refractivity contribution is -0.116. The van der Waals surface area contributed by atoms with Gasteiger partial charge in [-0.05, 0) is 49.2 Å². The first-order valence-electron chi connectivity index (χ1n) is 7.93. The molecule has 1 N–H and O–H groups in total. The van der Waals surface area contributed by atoms with E-state index >= 15 is 0 Å². The minimum absolute atomic E-state index is 0.0607. The van der Waals surface area contributed by atoms with Gasteiger partial charge in [-0.3, -0.25) is 9.59 Å². The highest BCUT2D eigenvalue weighted by Crippen LogP contribution is 2.30. The lowest BCUT2D eigenvalue weighted by Crippen LogP contribution is -2.29. The minimum atomic E-state index is -3.67. The molecule has 136 valence electrons. The monoisotopic (exact) mass is 392 g/mol. The molecular formula is C18H17ClN2O4S. The van der Waals surface area contributed by atoms with Gasteiger partial charge in [-0.15, -0.1) is 0 Å². The molecule has 1 heterocycles. The van der Waals surface area contributed by atoms with Gasteiger partial charge in [-0.1, -0.05) is 23.7 Å². The van der Waals surface area contributed by atoms with Crippen LogP contribution in [0.15, 0.2) is 36.4 Å². The summed E-state index contributed by atoms with van der Waals surface area (Å²) in [5.41, 5.74) is 3.00. The van der Waals surface area contributed by atoms with Crippen molar-refractivity contribution in [2.75, 3.05) is 15.4 Å². The predicted octanol–water partition coefficient (Wildman–Crippen LogP) is 3.28. The van der Waals surface area contributed by atoms with Gasteiger partial charge in [0.25, 0.3) is 5.91 Å². The Kier molecular flexibility index (Phi) is 4.77. The Labute approximate surface area is 156 Å². The average Bonchev–Trinajstić information content (AvgIpc) is 2.84. The molecule has 2 aromatic rings. The number of hydrogen-bond acceptors (Lipinski definition) is 4. The van der Waals surface area contributed by atoms with E-state index in [-0.39, 0.29) is 28.4 Å². The summed E-state index contributed by atoms with van der Waals surface area (Å²) in [5, 5.41) is 2.87. The van der Waals surface area contributed by atoms with Crippen molar-refractivity contribution in [1.29, 1.82) is 0 Å². The van der Waals surface area contributed by atoms with Crippen molar-refractivity contribution in [3.05, 3.63) is 58.1 Å². The quantitative estimate of drug-likeness (QED) is 0.868. The Morgan fingerprint density at radius 2 is 1.92 bits per heavy atom. The zero-order valence-electron chi connectivity index (χ0n) is 14.2. The third-order valence-electron chi connectivity index (χ3n) is 4.36. The largest absolute Gasteiger partial charge is 0.322 e. The van der Waals surface area contributed by atoms with Crippen LogP contribution in [0, 0.1) is 13.8 Å².